The molecule has 1 aromatic carbocycles. The number of hydrogen-bond donors (Lipinski definition) is 1. The number of rotatable bonds is 3. The summed E-state index contributed by atoms with van der Waals surface area (Å²) >= 11 is 0. The smallest absolute Gasteiger partial charge is 0.257 e. The lowest BCUT2D eigenvalue weighted by atomic mass is 10.1. The summed E-state index contributed by atoms with van der Waals surface area (Å²) in [7, 11) is 1.58. The van der Waals surface area contributed by atoms with Crippen LogP contribution in [0.3, 0.4) is 0 Å². The Morgan fingerprint density at radius 1 is 1.29 bits per heavy atom. The molecule has 1 aliphatic heterocycles. The first-order valence-corrected chi connectivity index (χ1v) is 6.73. The van der Waals surface area contributed by atoms with Gasteiger partial charge >= 0.3 is 0 Å². The Balaban J connectivity index is 2.07. The Hall–Kier alpha value is -2.24. The number of amides is 2. The first-order chi connectivity index (χ1) is 9.78. The molecular weight excluding hydrogens is 272 g/mol. The molecule has 0 aliphatic carbocycles. The second kappa shape index (κ2) is 5.63. The minimum atomic E-state index is -0.327. The van der Waals surface area contributed by atoms with Gasteiger partial charge in [0.2, 0.25) is 12.7 Å². The normalized spacial score (nSPS) is 13.0. The van der Waals surface area contributed by atoms with Gasteiger partial charge in [0.1, 0.15) is 0 Å². The van der Waals surface area contributed by atoms with Gasteiger partial charge in [-0.1, -0.05) is 6.07 Å². The molecule has 1 N–H and O–H groups in total. The van der Waals surface area contributed by atoms with Gasteiger partial charge in [0, 0.05) is 12.6 Å². The van der Waals surface area contributed by atoms with Crippen molar-refractivity contribution in [1.29, 1.82) is 0 Å². The number of carbonyl (C=O) groups excluding carboxylic acids is 2. The van der Waals surface area contributed by atoms with Crippen LogP contribution in [0.5, 0.6) is 11.5 Å². The summed E-state index contributed by atoms with van der Waals surface area (Å²) in [5.41, 5.74) is 0.0717. The van der Waals surface area contributed by atoms with E-state index < -0.39 is 0 Å². The second-order valence-corrected chi connectivity index (χ2v) is 6.00. The van der Waals surface area contributed by atoms with E-state index in [-0.39, 0.29) is 30.7 Å². The lowest BCUT2D eigenvalue weighted by Gasteiger charge is -2.23. The van der Waals surface area contributed by atoms with Gasteiger partial charge in [-0.3, -0.25) is 9.59 Å². The van der Waals surface area contributed by atoms with Crippen LogP contribution in [0.4, 0.5) is 0 Å². The fourth-order valence-corrected chi connectivity index (χ4v) is 2.05. The van der Waals surface area contributed by atoms with Crippen LogP contribution in [0.15, 0.2) is 18.2 Å². The number of para-hydroxylation sites is 1. The van der Waals surface area contributed by atoms with Gasteiger partial charge in [-0.2, -0.15) is 0 Å². The van der Waals surface area contributed by atoms with Gasteiger partial charge in [-0.05, 0) is 32.9 Å². The zero-order valence-electron chi connectivity index (χ0n) is 12.7. The van der Waals surface area contributed by atoms with Gasteiger partial charge < -0.3 is 19.7 Å². The number of fused-ring (bicyclic) bond motifs is 1. The minimum absolute atomic E-state index is 0.0133. The summed E-state index contributed by atoms with van der Waals surface area (Å²) in [5.74, 6) is 0.503. The first kappa shape index (κ1) is 15.2. The number of benzene rings is 1. The standard InChI is InChI=1S/C15H20N2O4/c1-15(2,3)16-12(18)8-17(4)14(19)10-6-5-7-11-13(10)21-9-20-11/h5-7H,8-9H2,1-4H3,(H,16,18). The fraction of sp³-hybridized carbons (Fsp3) is 0.467. The van der Waals surface area contributed by atoms with E-state index in [0.29, 0.717) is 17.1 Å². The number of hydrogen-bond acceptors (Lipinski definition) is 4. The van der Waals surface area contributed by atoms with Crippen molar-refractivity contribution in [3.05, 3.63) is 23.8 Å². The summed E-state index contributed by atoms with van der Waals surface area (Å²) in [5, 5.41) is 2.82. The van der Waals surface area contributed by atoms with Crippen molar-refractivity contribution in [2.45, 2.75) is 26.3 Å². The maximum absolute atomic E-state index is 12.4. The summed E-state index contributed by atoms with van der Waals surface area (Å²) < 4.78 is 10.6. The first-order valence-electron chi connectivity index (χ1n) is 6.73. The van der Waals surface area contributed by atoms with E-state index in [1.807, 2.05) is 20.8 Å². The average molecular weight is 292 g/mol. The van der Waals surface area contributed by atoms with Crippen LogP contribution in [0.1, 0.15) is 31.1 Å². The van der Waals surface area contributed by atoms with E-state index in [2.05, 4.69) is 5.32 Å². The molecule has 0 spiro atoms. The minimum Gasteiger partial charge on any atom is -0.454 e. The lowest BCUT2D eigenvalue weighted by molar-refractivity contribution is -0.122. The Labute approximate surface area is 124 Å². The Kier molecular flexibility index (Phi) is 4.06. The molecule has 1 aliphatic rings. The number of nitrogens with zero attached hydrogens (tertiary/aromatic N) is 1. The molecule has 21 heavy (non-hydrogen) atoms. The molecule has 0 saturated heterocycles. The largest absolute Gasteiger partial charge is 0.454 e. The average Bonchev–Trinajstić information content (AvgIpc) is 2.83. The zero-order valence-corrected chi connectivity index (χ0v) is 12.7. The van der Waals surface area contributed by atoms with E-state index in [0.717, 1.165) is 0 Å². The molecule has 1 heterocycles. The van der Waals surface area contributed by atoms with Crippen LogP contribution in [0.25, 0.3) is 0 Å². The van der Waals surface area contributed by atoms with Crippen LogP contribution in [-0.4, -0.2) is 42.6 Å². The van der Waals surface area contributed by atoms with Gasteiger partial charge in [0.15, 0.2) is 11.5 Å². The molecule has 114 valence electrons. The molecule has 6 nitrogen and oxygen atoms in total. The Morgan fingerprint density at radius 2 is 2.00 bits per heavy atom. The van der Waals surface area contributed by atoms with E-state index in [4.69, 9.17) is 9.47 Å². The predicted molar refractivity (Wildman–Crippen MR) is 77.4 cm³/mol. The van der Waals surface area contributed by atoms with Gasteiger partial charge in [-0.25, -0.2) is 0 Å². The van der Waals surface area contributed by atoms with Gasteiger partial charge in [0.05, 0.1) is 12.1 Å². The Bertz CT molecular complexity index is 563. The number of likely N-dealkylation sites (N-methyl/N-ethyl adjacent to an activating group) is 1. The number of nitrogens with one attached hydrogen (secondary N) is 1. The highest BCUT2D eigenvalue weighted by molar-refractivity contribution is 5.99. The molecule has 0 fully saturated rings. The monoisotopic (exact) mass is 292 g/mol. The van der Waals surface area contributed by atoms with Crippen LogP contribution in [-0.2, 0) is 4.79 Å². The maximum atomic E-state index is 12.4. The van der Waals surface area contributed by atoms with Crippen LogP contribution >= 0.6 is 0 Å². The molecule has 0 aromatic heterocycles. The molecular formula is C15H20N2O4. The zero-order chi connectivity index (χ0) is 15.6. The highest BCUT2D eigenvalue weighted by Crippen LogP contribution is 2.35. The van der Waals surface area contributed by atoms with E-state index in [1.54, 1.807) is 25.2 Å². The third kappa shape index (κ3) is 3.65. The second-order valence-electron chi connectivity index (χ2n) is 6.00. The van der Waals surface area contributed by atoms with Crippen molar-refractivity contribution in [1.82, 2.24) is 10.2 Å². The van der Waals surface area contributed by atoms with Crippen molar-refractivity contribution in [2.75, 3.05) is 20.4 Å². The van der Waals surface area contributed by atoms with E-state index in [1.165, 1.54) is 4.90 Å². The van der Waals surface area contributed by atoms with Crippen molar-refractivity contribution in [2.24, 2.45) is 0 Å². The quantitative estimate of drug-likeness (QED) is 0.914. The fourth-order valence-electron chi connectivity index (χ4n) is 2.05. The van der Waals surface area contributed by atoms with Crippen LogP contribution in [0.2, 0.25) is 0 Å². The van der Waals surface area contributed by atoms with E-state index >= 15 is 0 Å². The molecule has 0 radical (unpaired) electrons. The van der Waals surface area contributed by atoms with Crippen molar-refractivity contribution >= 4 is 11.8 Å². The van der Waals surface area contributed by atoms with E-state index in [9.17, 15) is 9.59 Å². The lowest BCUT2D eigenvalue weighted by Crippen LogP contribution is -2.46. The Morgan fingerprint density at radius 3 is 2.67 bits per heavy atom. The molecule has 0 unspecified atom stereocenters. The molecule has 0 saturated carbocycles. The summed E-state index contributed by atoms with van der Waals surface area (Å²) in [6.07, 6.45) is 0. The number of ether oxygens (including phenoxy) is 2. The third-order valence-electron chi connectivity index (χ3n) is 2.87. The topological polar surface area (TPSA) is 67.9 Å². The van der Waals surface area contributed by atoms with Gasteiger partial charge in [-0.15, -0.1) is 0 Å². The highest BCUT2D eigenvalue weighted by atomic mass is 16.7. The molecule has 1 aromatic rings. The maximum Gasteiger partial charge on any atom is 0.257 e. The van der Waals surface area contributed by atoms with Crippen LogP contribution < -0.4 is 14.8 Å². The highest BCUT2D eigenvalue weighted by Gasteiger charge is 2.25. The molecule has 2 rings (SSSR count). The van der Waals surface area contributed by atoms with Crippen molar-refractivity contribution < 1.29 is 19.1 Å². The van der Waals surface area contributed by atoms with Crippen molar-refractivity contribution in [3.8, 4) is 11.5 Å². The molecule has 2 amide bonds. The third-order valence-corrected chi connectivity index (χ3v) is 2.87. The summed E-state index contributed by atoms with van der Waals surface area (Å²) in [4.78, 5) is 25.7. The number of carbonyl (C=O) groups is 2. The predicted octanol–water partition coefficient (Wildman–Crippen LogP) is 1.40. The SMILES string of the molecule is CN(CC(=O)NC(C)(C)C)C(=O)c1cccc2c1OCO2. The van der Waals surface area contributed by atoms with Crippen LogP contribution in [0, 0.1) is 0 Å². The molecule has 0 bridgehead atoms. The molecule has 0 atom stereocenters. The van der Waals surface area contributed by atoms with Gasteiger partial charge in [0.25, 0.3) is 5.91 Å². The molecule has 6 heteroatoms. The van der Waals surface area contributed by atoms with Crippen molar-refractivity contribution in [3.63, 3.8) is 0 Å². The summed E-state index contributed by atoms with van der Waals surface area (Å²) in [6.45, 7) is 5.76. The summed E-state index contributed by atoms with van der Waals surface area (Å²) in [6, 6.07) is 5.13.